The summed E-state index contributed by atoms with van der Waals surface area (Å²) in [6.45, 7) is 0.447. The first-order chi connectivity index (χ1) is 11.1. The van der Waals surface area contributed by atoms with Crippen molar-refractivity contribution in [3.05, 3.63) is 58.1 Å². The van der Waals surface area contributed by atoms with Crippen LogP contribution in [-0.2, 0) is 4.79 Å². The fourth-order valence-corrected chi connectivity index (χ4v) is 2.81. The van der Waals surface area contributed by atoms with Crippen molar-refractivity contribution in [1.29, 1.82) is 0 Å². The van der Waals surface area contributed by atoms with Gasteiger partial charge in [0, 0.05) is 12.0 Å². The summed E-state index contributed by atoms with van der Waals surface area (Å²) in [5.74, 6) is 0.979. The first kappa shape index (κ1) is 16.0. The molecule has 0 aliphatic carbocycles. The van der Waals surface area contributed by atoms with E-state index in [9.17, 15) is 4.79 Å². The van der Waals surface area contributed by atoms with Crippen LogP contribution in [0.15, 0.2) is 42.5 Å². The molecule has 3 rings (SSSR count). The minimum absolute atomic E-state index is 0.0779. The quantitative estimate of drug-likeness (QED) is 0.904. The van der Waals surface area contributed by atoms with Crippen molar-refractivity contribution in [2.24, 2.45) is 0 Å². The molecular weight excluding hydrogens is 337 g/mol. The lowest BCUT2D eigenvalue weighted by Crippen LogP contribution is -2.35. The third-order valence-electron chi connectivity index (χ3n) is 3.57. The van der Waals surface area contributed by atoms with Crippen molar-refractivity contribution in [2.45, 2.75) is 12.5 Å². The highest BCUT2D eigenvalue weighted by Crippen LogP contribution is 2.32. The summed E-state index contributed by atoms with van der Waals surface area (Å²) in [6, 6.07) is 12.7. The maximum Gasteiger partial charge on any atom is 0.258 e. The Bertz CT molecular complexity index is 721. The second-order valence-electron chi connectivity index (χ2n) is 5.14. The number of halogens is 2. The Hall–Kier alpha value is -1.91. The zero-order chi connectivity index (χ0) is 16.2. The van der Waals surface area contributed by atoms with Crippen LogP contribution in [0.5, 0.6) is 11.5 Å². The molecule has 0 aromatic heterocycles. The predicted octanol–water partition coefficient (Wildman–Crippen LogP) is 4.01. The number of benzene rings is 2. The van der Waals surface area contributed by atoms with Crippen LogP contribution in [0, 0.1) is 0 Å². The standard InChI is InChI=1S/C17H15Cl2NO3/c18-12-5-3-7-15(17(12)19)23-10-16(21)20-13-8-9-22-14-6-2-1-4-11(13)14/h1-7,13H,8-10H2,(H,20,21). The molecule has 0 saturated heterocycles. The summed E-state index contributed by atoms with van der Waals surface area (Å²) in [5.41, 5.74) is 0.980. The Morgan fingerprint density at radius 1 is 1.22 bits per heavy atom. The number of fused-ring (bicyclic) bond motifs is 1. The number of carbonyl (C=O) groups excluding carboxylic acids is 1. The summed E-state index contributed by atoms with van der Waals surface area (Å²) >= 11 is 11.9. The highest BCUT2D eigenvalue weighted by atomic mass is 35.5. The number of carbonyl (C=O) groups is 1. The average Bonchev–Trinajstić information content (AvgIpc) is 2.56. The topological polar surface area (TPSA) is 47.6 Å². The Balaban J connectivity index is 1.61. The van der Waals surface area contributed by atoms with E-state index in [1.54, 1.807) is 18.2 Å². The molecule has 0 radical (unpaired) electrons. The number of rotatable bonds is 4. The van der Waals surface area contributed by atoms with E-state index in [-0.39, 0.29) is 18.6 Å². The second-order valence-corrected chi connectivity index (χ2v) is 5.92. The van der Waals surface area contributed by atoms with Gasteiger partial charge in [-0.3, -0.25) is 4.79 Å². The average molecular weight is 352 g/mol. The second kappa shape index (κ2) is 7.11. The lowest BCUT2D eigenvalue weighted by atomic mass is 10.0. The minimum atomic E-state index is -0.220. The smallest absolute Gasteiger partial charge is 0.258 e. The van der Waals surface area contributed by atoms with Gasteiger partial charge in [0.2, 0.25) is 0 Å². The number of hydrogen-bond donors (Lipinski definition) is 1. The number of hydrogen-bond acceptors (Lipinski definition) is 3. The lowest BCUT2D eigenvalue weighted by molar-refractivity contribution is -0.124. The molecule has 1 N–H and O–H groups in total. The Morgan fingerprint density at radius 3 is 2.91 bits per heavy atom. The fraction of sp³-hybridized carbons (Fsp3) is 0.235. The van der Waals surface area contributed by atoms with E-state index in [2.05, 4.69) is 5.32 Å². The fourth-order valence-electron chi connectivity index (χ4n) is 2.47. The molecule has 2 aromatic carbocycles. The van der Waals surface area contributed by atoms with E-state index in [1.807, 2.05) is 24.3 Å². The van der Waals surface area contributed by atoms with Gasteiger partial charge < -0.3 is 14.8 Å². The molecule has 4 nitrogen and oxygen atoms in total. The third kappa shape index (κ3) is 3.71. The summed E-state index contributed by atoms with van der Waals surface area (Å²) in [5, 5.41) is 3.66. The summed E-state index contributed by atoms with van der Waals surface area (Å²) < 4.78 is 11.0. The van der Waals surface area contributed by atoms with E-state index < -0.39 is 0 Å². The number of amides is 1. The monoisotopic (exact) mass is 351 g/mol. The first-order valence-corrected chi connectivity index (χ1v) is 7.98. The summed E-state index contributed by atoms with van der Waals surface area (Å²) in [7, 11) is 0. The molecule has 0 bridgehead atoms. The Labute approximate surface area is 144 Å². The van der Waals surface area contributed by atoms with Crippen LogP contribution in [0.3, 0.4) is 0 Å². The van der Waals surface area contributed by atoms with Gasteiger partial charge >= 0.3 is 0 Å². The van der Waals surface area contributed by atoms with Crippen LogP contribution in [0.25, 0.3) is 0 Å². The molecule has 1 atom stereocenters. The molecule has 6 heteroatoms. The highest BCUT2D eigenvalue weighted by Gasteiger charge is 2.22. The van der Waals surface area contributed by atoms with Crippen molar-refractivity contribution in [3.63, 3.8) is 0 Å². The van der Waals surface area contributed by atoms with E-state index in [0.717, 1.165) is 17.7 Å². The van der Waals surface area contributed by atoms with E-state index in [4.69, 9.17) is 32.7 Å². The van der Waals surface area contributed by atoms with Crippen molar-refractivity contribution in [3.8, 4) is 11.5 Å². The molecule has 1 aliphatic rings. The number of nitrogens with one attached hydrogen (secondary N) is 1. The van der Waals surface area contributed by atoms with Crippen molar-refractivity contribution >= 4 is 29.1 Å². The van der Waals surface area contributed by atoms with Gasteiger partial charge in [0.1, 0.15) is 16.5 Å². The lowest BCUT2D eigenvalue weighted by Gasteiger charge is -2.26. The van der Waals surface area contributed by atoms with Gasteiger partial charge in [0.15, 0.2) is 6.61 Å². The Kier molecular flexibility index (Phi) is 4.94. The zero-order valence-electron chi connectivity index (χ0n) is 12.2. The zero-order valence-corrected chi connectivity index (χ0v) is 13.7. The van der Waals surface area contributed by atoms with Crippen LogP contribution < -0.4 is 14.8 Å². The molecule has 1 aliphatic heterocycles. The molecule has 0 spiro atoms. The number of para-hydroxylation sites is 1. The van der Waals surface area contributed by atoms with Crippen molar-refractivity contribution in [1.82, 2.24) is 5.32 Å². The SMILES string of the molecule is O=C(COc1cccc(Cl)c1Cl)NC1CCOc2ccccc21. The molecule has 1 amide bonds. The van der Waals surface area contributed by atoms with E-state index in [1.165, 1.54) is 0 Å². The van der Waals surface area contributed by atoms with Crippen molar-refractivity contribution in [2.75, 3.05) is 13.2 Å². The van der Waals surface area contributed by atoms with Gasteiger partial charge in [-0.2, -0.15) is 0 Å². The first-order valence-electron chi connectivity index (χ1n) is 7.23. The molecule has 1 heterocycles. The predicted molar refractivity (Wildman–Crippen MR) is 89.4 cm³/mol. The maximum absolute atomic E-state index is 12.1. The molecular formula is C17H15Cl2NO3. The van der Waals surface area contributed by atoms with Gasteiger partial charge in [-0.05, 0) is 18.2 Å². The molecule has 120 valence electrons. The Morgan fingerprint density at radius 2 is 2.04 bits per heavy atom. The number of ether oxygens (including phenoxy) is 2. The van der Waals surface area contributed by atoms with Gasteiger partial charge in [-0.25, -0.2) is 0 Å². The van der Waals surface area contributed by atoms with Gasteiger partial charge in [0.05, 0.1) is 17.7 Å². The van der Waals surface area contributed by atoms with Gasteiger partial charge in [0.25, 0.3) is 5.91 Å². The van der Waals surface area contributed by atoms with Gasteiger partial charge in [-0.15, -0.1) is 0 Å². The van der Waals surface area contributed by atoms with Crippen LogP contribution in [0.4, 0.5) is 0 Å². The normalized spacial score (nSPS) is 16.2. The van der Waals surface area contributed by atoms with Crippen LogP contribution in [-0.4, -0.2) is 19.1 Å². The highest BCUT2D eigenvalue weighted by molar-refractivity contribution is 6.42. The maximum atomic E-state index is 12.1. The minimum Gasteiger partial charge on any atom is -0.493 e. The van der Waals surface area contributed by atoms with Crippen LogP contribution in [0.1, 0.15) is 18.0 Å². The molecule has 0 fully saturated rings. The van der Waals surface area contributed by atoms with E-state index >= 15 is 0 Å². The third-order valence-corrected chi connectivity index (χ3v) is 4.37. The van der Waals surface area contributed by atoms with Crippen molar-refractivity contribution < 1.29 is 14.3 Å². The summed E-state index contributed by atoms with van der Waals surface area (Å²) in [4.78, 5) is 12.1. The largest absolute Gasteiger partial charge is 0.493 e. The molecule has 2 aromatic rings. The van der Waals surface area contributed by atoms with Gasteiger partial charge in [-0.1, -0.05) is 47.5 Å². The van der Waals surface area contributed by atoms with Crippen LogP contribution >= 0.6 is 23.2 Å². The van der Waals surface area contributed by atoms with Crippen LogP contribution in [0.2, 0.25) is 10.0 Å². The van der Waals surface area contributed by atoms with E-state index in [0.29, 0.717) is 22.4 Å². The molecule has 0 saturated carbocycles. The molecule has 1 unspecified atom stereocenters. The molecule has 23 heavy (non-hydrogen) atoms. The summed E-state index contributed by atoms with van der Waals surface area (Å²) in [6.07, 6.45) is 0.723.